The Labute approximate surface area is 168 Å². The Morgan fingerprint density at radius 2 is 1.96 bits per heavy atom. The van der Waals surface area contributed by atoms with Gasteiger partial charge in [-0.3, -0.25) is 19.4 Å². The lowest BCUT2D eigenvalue weighted by Gasteiger charge is -2.50. The van der Waals surface area contributed by atoms with Crippen LogP contribution in [-0.4, -0.2) is 40.0 Å². The molecule has 2 aromatic rings. The quantitative estimate of drug-likeness (QED) is 0.534. The van der Waals surface area contributed by atoms with Crippen molar-refractivity contribution in [2.45, 2.75) is 83.7 Å². The third-order valence-corrected chi connectivity index (χ3v) is 10.9. The minimum absolute atomic E-state index is 0.0289. The van der Waals surface area contributed by atoms with Gasteiger partial charge in [-0.25, -0.2) is 0 Å². The van der Waals surface area contributed by atoms with Crippen LogP contribution in [0.4, 0.5) is 0 Å². The number of ketones is 1. The molecule has 3 rings (SSSR count). The van der Waals surface area contributed by atoms with Crippen LogP contribution in [0.25, 0.3) is 0 Å². The number of hydrogen-bond acceptors (Lipinski definition) is 5. The van der Waals surface area contributed by atoms with Gasteiger partial charge in [0.1, 0.15) is 0 Å². The van der Waals surface area contributed by atoms with Crippen LogP contribution in [0, 0.1) is 6.92 Å². The molecule has 0 N–H and O–H groups in total. The highest BCUT2D eigenvalue weighted by Gasteiger charge is 2.48. The summed E-state index contributed by atoms with van der Waals surface area (Å²) in [6.45, 7) is 15.6. The summed E-state index contributed by atoms with van der Waals surface area (Å²) >= 11 is 0. The van der Waals surface area contributed by atoms with Crippen LogP contribution in [0.1, 0.15) is 62.3 Å². The van der Waals surface area contributed by atoms with E-state index in [2.05, 4.69) is 55.9 Å². The second-order valence-corrected chi connectivity index (χ2v) is 14.5. The Morgan fingerprint density at radius 3 is 2.54 bits per heavy atom. The molecule has 7 heteroatoms. The van der Waals surface area contributed by atoms with Gasteiger partial charge in [0, 0.05) is 30.4 Å². The SMILES string of the molecule is Cc1c(C(=O)Cc2cnccn2)cnn1C1(C)CC(O[Si](C)(C)C(C)(C)C)C1. The summed E-state index contributed by atoms with van der Waals surface area (Å²) in [5.41, 5.74) is 2.17. The van der Waals surface area contributed by atoms with E-state index < -0.39 is 8.32 Å². The van der Waals surface area contributed by atoms with Gasteiger partial charge < -0.3 is 4.43 Å². The normalized spacial score (nSPS) is 22.8. The topological polar surface area (TPSA) is 69.9 Å². The molecule has 0 unspecified atom stereocenters. The molecule has 0 saturated heterocycles. The van der Waals surface area contributed by atoms with E-state index in [1.807, 2.05) is 11.6 Å². The summed E-state index contributed by atoms with van der Waals surface area (Å²) in [5.74, 6) is 0.0289. The molecule has 1 aliphatic rings. The smallest absolute Gasteiger partial charge is 0.192 e. The van der Waals surface area contributed by atoms with Crippen molar-refractivity contribution in [3.05, 3.63) is 41.7 Å². The lowest BCUT2D eigenvalue weighted by Crippen LogP contribution is -2.54. The Bertz CT molecular complexity index is 849. The monoisotopic (exact) mass is 400 g/mol. The number of nitrogens with zero attached hydrogens (tertiary/aromatic N) is 4. The van der Waals surface area contributed by atoms with Gasteiger partial charge in [0.2, 0.25) is 0 Å². The molecular formula is C21H32N4O2Si. The molecule has 0 amide bonds. The average Bonchev–Trinajstić information content (AvgIpc) is 2.95. The van der Waals surface area contributed by atoms with Gasteiger partial charge in [0.05, 0.1) is 29.4 Å². The van der Waals surface area contributed by atoms with Crippen LogP contribution < -0.4 is 0 Å². The van der Waals surface area contributed by atoms with Gasteiger partial charge >= 0.3 is 0 Å². The summed E-state index contributed by atoms with van der Waals surface area (Å²) in [5, 5.41) is 4.78. The Hall–Kier alpha value is -1.86. The summed E-state index contributed by atoms with van der Waals surface area (Å²) in [6.07, 6.45) is 8.92. The second kappa shape index (κ2) is 7.19. The van der Waals surface area contributed by atoms with Crippen molar-refractivity contribution >= 4 is 14.1 Å². The number of hydrogen-bond donors (Lipinski definition) is 0. The van der Waals surface area contributed by atoms with Gasteiger partial charge in [0.25, 0.3) is 0 Å². The van der Waals surface area contributed by atoms with Crippen LogP contribution in [-0.2, 0) is 16.4 Å². The molecule has 1 aliphatic carbocycles. The van der Waals surface area contributed by atoms with Gasteiger partial charge in [-0.2, -0.15) is 5.10 Å². The van der Waals surface area contributed by atoms with Crippen LogP contribution >= 0.6 is 0 Å². The van der Waals surface area contributed by atoms with Crippen molar-refractivity contribution in [3.63, 3.8) is 0 Å². The van der Waals surface area contributed by atoms with Crippen LogP contribution in [0.2, 0.25) is 18.1 Å². The standard InChI is InChI=1S/C21H32N4O2Si/c1-15-18(19(26)10-16-13-22-8-9-23-16)14-24-25(15)21(5)11-17(12-21)27-28(6,7)20(2,3)4/h8-9,13-14,17H,10-12H2,1-7H3. The average molecular weight is 401 g/mol. The molecule has 152 valence electrons. The third kappa shape index (κ3) is 3.96. The van der Waals surface area contributed by atoms with Crippen molar-refractivity contribution in [1.29, 1.82) is 0 Å². The zero-order valence-electron chi connectivity index (χ0n) is 18.1. The first kappa shape index (κ1) is 20.9. The fourth-order valence-electron chi connectivity index (χ4n) is 3.68. The molecule has 0 atom stereocenters. The Balaban J connectivity index is 1.68. The van der Waals surface area contributed by atoms with E-state index in [4.69, 9.17) is 4.43 Å². The molecule has 0 aromatic carbocycles. The van der Waals surface area contributed by atoms with Crippen LogP contribution in [0.5, 0.6) is 0 Å². The van der Waals surface area contributed by atoms with Crippen molar-refractivity contribution < 1.29 is 9.22 Å². The fourth-order valence-corrected chi connectivity index (χ4v) is 5.03. The van der Waals surface area contributed by atoms with E-state index in [0.29, 0.717) is 11.3 Å². The highest BCUT2D eigenvalue weighted by atomic mass is 28.4. The maximum absolute atomic E-state index is 12.7. The predicted molar refractivity (Wildman–Crippen MR) is 112 cm³/mol. The van der Waals surface area contributed by atoms with Crippen molar-refractivity contribution in [2.24, 2.45) is 0 Å². The van der Waals surface area contributed by atoms with E-state index in [1.165, 1.54) is 0 Å². The molecule has 2 heterocycles. The minimum Gasteiger partial charge on any atom is -0.414 e. The molecule has 0 radical (unpaired) electrons. The zero-order chi connectivity index (χ0) is 20.7. The van der Waals surface area contributed by atoms with Gasteiger partial charge in [-0.1, -0.05) is 20.8 Å². The van der Waals surface area contributed by atoms with Crippen molar-refractivity contribution in [3.8, 4) is 0 Å². The van der Waals surface area contributed by atoms with E-state index in [0.717, 1.165) is 18.5 Å². The first-order valence-corrected chi connectivity index (χ1v) is 12.8. The highest BCUT2D eigenvalue weighted by molar-refractivity contribution is 6.74. The summed E-state index contributed by atoms with van der Waals surface area (Å²) in [6, 6.07) is 0. The lowest BCUT2D eigenvalue weighted by atomic mass is 9.76. The largest absolute Gasteiger partial charge is 0.414 e. The Morgan fingerprint density at radius 1 is 1.29 bits per heavy atom. The lowest BCUT2D eigenvalue weighted by molar-refractivity contribution is -0.0106. The molecule has 0 aliphatic heterocycles. The summed E-state index contributed by atoms with van der Waals surface area (Å²) in [7, 11) is -1.77. The number of carbonyl (C=O) groups is 1. The van der Waals surface area contributed by atoms with Crippen molar-refractivity contribution in [1.82, 2.24) is 19.7 Å². The van der Waals surface area contributed by atoms with E-state index in [9.17, 15) is 4.79 Å². The molecule has 2 aromatic heterocycles. The molecule has 1 fully saturated rings. The third-order valence-electron chi connectivity index (χ3n) is 6.38. The van der Waals surface area contributed by atoms with Gasteiger partial charge in [-0.15, -0.1) is 0 Å². The Kier molecular flexibility index (Phi) is 5.36. The van der Waals surface area contributed by atoms with Crippen molar-refractivity contribution in [2.75, 3.05) is 0 Å². The maximum atomic E-state index is 12.7. The predicted octanol–water partition coefficient (Wildman–Crippen LogP) is 4.31. The maximum Gasteiger partial charge on any atom is 0.192 e. The first-order chi connectivity index (χ1) is 12.9. The minimum atomic E-state index is -1.77. The second-order valence-electron chi connectivity index (χ2n) is 9.76. The molecule has 0 spiro atoms. The molecule has 6 nitrogen and oxygen atoms in total. The summed E-state index contributed by atoms with van der Waals surface area (Å²) < 4.78 is 8.56. The van der Waals surface area contributed by atoms with Crippen LogP contribution in [0.3, 0.4) is 0 Å². The van der Waals surface area contributed by atoms with E-state index in [1.54, 1.807) is 24.8 Å². The number of Topliss-reactive ketones (excluding diaryl/α,β-unsaturated/α-hetero) is 1. The number of carbonyl (C=O) groups excluding carboxylic acids is 1. The molecule has 0 bridgehead atoms. The van der Waals surface area contributed by atoms with Gasteiger partial charge in [-0.05, 0) is 44.8 Å². The fraction of sp³-hybridized carbons (Fsp3) is 0.619. The molecule has 28 heavy (non-hydrogen) atoms. The highest BCUT2D eigenvalue weighted by Crippen LogP contribution is 2.46. The van der Waals surface area contributed by atoms with Crippen LogP contribution in [0.15, 0.2) is 24.8 Å². The van der Waals surface area contributed by atoms with Gasteiger partial charge in [0.15, 0.2) is 14.1 Å². The van der Waals surface area contributed by atoms with E-state index >= 15 is 0 Å². The number of aromatic nitrogens is 4. The summed E-state index contributed by atoms with van der Waals surface area (Å²) in [4.78, 5) is 20.9. The first-order valence-electron chi connectivity index (χ1n) is 9.94. The molecular weight excluding hydrogens is 368 g/mol. The van der Waals surface area contributed by atoms with E-state index in [-0.39, 0.29) is 28.9 Å². The molecule has 1 saturated carbocycles. The number of rotatable bonds is 6. The zero-order valence-corrected chi connectivity index (χ0v) is 19.1.